The standard InChI is InChI=1S/C18H18N2O4S3/c1-13-12-18(14(2)25-13)27(23,24)20-16-8-10-17(11-9-16)26(21,22)19-15-6-4-3-5-7-15/h3-12,19-20H,1-2H3. The van der Waals surface area contributed by atoms with Gasteiger partial charge in [-0.1, -0.05) is 18.2 Å². The lowest BCUT2D eigenvalue weighted by atomic mass is 10.3. The van der Waals surface area contributed by atoms with Crippen LogP contribution in [0.5, 0.6) is 0 Å². The zero-order valence-electron chi connectivity index (χ0n) is 14.6. The molecule has 1 aromatic heterocycles. The fourth-order valence-corrected chi connectivity index (χ4v) is 6.18. The maximum atomic E-state index is 12.5. The van der Waals surface area contributed by atoms with Gasteiger partial charge < -0.3 is 0 Å². The van der Waals surface area contributed by atoms with Gasteiger partial charge in [0.15, 0.2) is 0 Å². The molecule has 1 heterocycles. The van der Waals surface area contributed by atoms with Crippen LogP contribution >= 0.6 is 11.3 Å². The second-order valence-electron chi connectivity index (χ2n) is 5.88. The minimum absolute atomic E-state index is 0.0388. The number of nitrogens with one attached hydrogen (secondary N) is 2. The van der Waals surface area contributed by atoms with Gasteiger partial charge in [0.25, 0.3) is 20.0 Å². The molecule has 0 aliphatic carbocycles. The van der Waals surface area contributed by atoms with Crippen LogP contribution in [0.4, 0.5) is 11.4 Å². The van der Waals surface area contributed by atoms with Gasteiger partial charge >= 0.3 is 0 Å². The molecule has 142 valence electrons. The summed E-state index contributed by atoms with van der Waals surface area (Å²) in [6, 6.07) is 15.7. The fourth-order valence-electron chi connectivity index (χ4n) is 2.51. The van der Waals surface area contributed by atoms with Crippen molar-refractivity contribution in [3.63, 3.8) is 0 Å². The molecule has 6 nitrogen and oxygen atoms in total. The van der Waals surface area contributed by atoms with Crippen molar-refractivity contribution in [3.05, 3.63) is 70.4 Å². The Morgan fingerprint density at radius 2 is 1.30 bits per heavy atom. The number of anilines is 2. The quantitative estimate of drug-likeness (QED) is 0.629. The van der Waals surface area contributed by atoms with Crippen LogP contribution in [0, 0.1) is 13.8 Å². The van der Waals surface area contributed by atoms with E-state index in [2.05, 4.69) is 9.44 Å². The summed E-state index contributed by atoms with van der Waals surface area (Å²) in [5, 5.41) is 0. The van der Waals surface area contributed by atoms with E-state index in [1.165, 1.54) is 35.6 Å². The highest BCUT2D eigenvalue weighted by Crippen LogP contribution is 2.27. The van der Waals surface area contributed by atoms with Crippen molar-refractivity contribution in [2.75, 3.05) is 9.44 Å². The van der Waals surface area contributed by atoms with E-state index < -0.39 is 20.0 Å². The zero-order valence-corrected chi connectivity index (χ0v) is 17.1. The summed E-state index contributed by atoms with van der Waals surface area (Å²) in [7, 11) is -7.48. The summed E-state index contributed by atoms with van der Waals surface area (Å²) in [4.78, 5) is 1.87. The number of rotatable bonds is 6. The summed E-state index contributed by atoms with van der Waals surface area (Å²) in [5.74, 6) is 0. The van der Waals surface area contributed by atoms with Crippen LogP contribution in [0.15, 0.2) is 70.5 Å². The van der Waals surface area contributed by atoms with Crippen LogP contribution in [-0.2, 0) is 20.0 Å². The molecule has 3 aromatic rings. The van der Waals surface area contributed by atoms with Gasteiger partial charge in [0.1, 0.15) is 4.90 Å². The predicted octanol–water partition coefficient (Wildman–Crippen LogP) is 3.97. The molecule has 0 saturated heterocycles. The van der Waals surface area contributed by atoms with Gasteiger partial charge in [0.2, 0.25) is 0 Å². The Morgan fingerprint density at radius 3 is 1.85 bits per heavy atom. The van der Waals surface area contributed by atoms with E-state index in [-0.39, 0.29) is 15.5 Å². The van der Waals surface area contributed by atoms with E-state index in [0.717, 1.165) is 4.88 Å². The Labute approximate surface area is 163 Å². The number of aryl methyl sites for hydroxylation is 2. The average Bonchev–Trinajstić information content (AvgIpc) is 2.95. The Kier molecular flexibility index (Phi) is 5.27. The van der Waals surface area contributed by atoms with E-state index in [1.807, 2.05) is 6.92 Å². The molecule has 27 heavy (non-hydrogen) atoms. The molecule has 9 heteroatoms. The van der Waals surface area contributed by atoms with E-state index in [4.69, 9.17) is 0 Å². The second-order valence-corrected chi connectivity index (χ2v) is 10.7. The first kappa shape index (κ1) is 19.4. The third-order valence-corrected chi connectivity index (χ3v) is 7.73. The molecule has 0 saturated carbocycles. The SMILES string of the molecule is Cc1cc(S(=O)(=O)Nc2ccc(S(=O)(=O)Nc3ccccc3)cc2)c(C)s1. The van der Waals surface area contributed by atoms with Crippen molar-refractivity contribution in [2.45, 2.75) is 23.6 Å². The van der Waals surface area contributed by atoms with Crippen LogP contribution < -0.4 is 9.44 Å². The molecule has 0 spiro atoms. The van der Waals surface area contributed by atoms with E-state index >= 15 is 0 Å². The van der Waals surface area contributed by atoms with E-state index in [9.17, 15) is 16.8 Å². The molecule has 0 atom stereocenters. The summed E-state index contributed by atoms with van der Waals surface area (Å²) in [5.41, 5.74) is 0.738. The Bertz CT molecular complexity index is 1150. The number of hydrogen-bond acceptors (Lipinski definition) is 5. The van der Waals surface area contributed by atoms with E-state index in [1.54, 1.807) is 43.3 Å². The lowest BCUT2D eigenvalue weighted by molar-refractivity contribution is 0.600. The topological polar surface area (TPSA) is 92.3 Å². The van der Waals surface area contributed by atoms with Gasteiger partial charge in [0, 0.05) is 21.1 Å². The highest BCUT2D eigenvalue weighted by molar-refractivity contribution is 7.93. The fraction of sp³-hybridized carbons (Fsp3) is 0.111. The molecule has 0 amide bonds. The van der Waals surface area contributed by atoms with Crippen LogP contribution in [0.25, 0.3) is 0 Å². The van der Waals surface area contributed by atoms with Crippen molar-refractivity contribution in [1.82, 2.24) is 0 Å². The highest BCUT2D eigenvalue weighted by atomic mass is 32.2. The van der Waals surface area contributed by atoms with Crippen molar-refractivity contribution < 1.29 is 16.8 Å². The van der Waals surface area contributed by atoms with Crippen LogP contribution in [0.1, 0.15) is 9.75 Å². The molecule has 0 aliphatic rings. The molecule has 0 fully saturated rings. The van der Waals surface area contributed by atoms with Gasteiger partial charge in [0.05, 0.1) is 4.90 Å². The third kappa shape index (κ3) is 4.49. The summed E-state index contributed by atoms with van der Waals surface area (Å²) in [6.45, 7) is 3.59. The summed E-state index contributed by atoms with van der Waals surface area (Å²) < 4.78 is 54.8. The summed E-state index contributed by atoms with van der Waals surface area (Å²) in [6.07, 6.45) is 0. The first-order valence-corrected chi connectivity index (χ1v) is 11.7. The predicted molar refractivity (Wildman–Crippen MR) is 108 cm³/mol. The number of para-hydroxylation sites is 1. The maximum absolute atomic E-state index is 12.5. The van der Waals surface area contributed by atoms with Crippen molar-refractivity contribution in [2.24, 2.45) is 0 Å². The monoisotopic (exact) mass is 422 g/mol. The lowest BCUT2D eigenvalue weighted by Gasteiger charge is -2.10. The Hall–Kier alpha value is -2.36. The average molecular weight is 423 g/mol. The lowest BCUT2D eigenvalue weighted by Crippen LogP contribution is -2.14. The number of hydrogen-bond donors (Lipinski definition) is 2. The zero-order chi connectivity index (χ0) is 19.7. The van der Waals surface area contributed by atoms with Crippen molar-refractivity contribution >= 4 is 42.8 Å². The van der Waals surface area contributed by atoms with E-state index in [0.29, 0.717) is 10.6 Å². The van der Waals surface area contributed by atoms with Gasteiger partial charge in [-0.15, -0.1) is 11.3 Å². The molecular weight excluding hydrogens is 404 g/mol. The summed E-state index contributed by atoms with van der Waals surface area (Å²) >= 11 is 1.41. The molecule has 0 aliphatic heterocycles. The van der Waals surface area contributed by atoms with Gasteiger partial charge in [-0.05, 0) is 56.3 Å². The van der Waals surface area contributed by atoms with Crippen LogP contribution in [-0.4, -0.2) is 16.8 Å². The molecule has 2 N–H and O–H groups in total. The van der Waals surface area contributed by atoms with Gasteiger partial charge in [-0.25, -0.2) is 16.8 Å². The van der Waals surface area contributed by atoms with Crippen molar-refractivity contribution in [3.8, 4) is 0 Å². The third-order valence-electron chi connectivity index (χ3n) is 3.73. The first-order chi connectivity index (χ1) is 12.7. The Balaban J connectivity index is 1.80. The van der Waals surface area contributed by atoms with Crippen molar-refractivity contribution in [1.29, 1.82) is 0 Å². The largest absolute Gasteiger partial charge is 0.280 e. The molecule has 3 rings (SSSR count). The minimum Gasteiger partial charge on any atom is -0.280 e. The molecular formula is C18H18N2O4S3. The minimum atomic E-state index is -3.75. The molecule has 0 radical (unpaired) electrons. The van der Waals surface area contributed by atoms with Crippen LogP contribution in [0.2, 0.25) is 0 Å². The normalized spacial score (nSPS) is 11.9. The number of thiophene rings is 1. The maximum Gasteiger partial charge on any atom is 0.262 e. The number of sulfonamides is 2. The molecule has 0 unspecified atom stereocenters. The van der Waals surface area contributed by atoms with Gasteiger partial charge in [-0.3, -0.25) is 9.44 Å². The number of benzene rings is 2. The van der Waals surface area contributed by atoms with Gasteiger partial charge in [-0.2, -0.15) is 0 Å². The Morgan fingerprint density at radius 1 is 0.741 bits per heavy atom. The second kappa shape index (κ2) is 7.34. The van der Waals surface area contributed by atoms with Crippen LogP contribution in [0.3, 0.4) is 0 Å². The first-order valence-electron chi connectivity index (χ1n) is 7.95. The molecule has 2 aromatic carbocycles. The molecule has 0 bridgehead atoms. The highest BCUT2D eigenvalue weighted by Gasteiger charge is 2.20. The smallest absolute Gasteiger partial charge is 0.262 e.